The van der Waals surface area contributed by atoms with Gasteiger partial charge >= 0.3 is 0 Å². The van der Waals surface area contributed by atoms with Crippen molar-refractivity contribution in [1.29, 1.82) is 0 Å². The number of hydrogen-bond acceptors (Lipinski definition) is 12. The van der Waals surface area contributed by atoms with Crippen molar-refractivity contribution >= 4 is 66.8 Å². The Hall–Kier alpha value is -8.10. The van der Waals surface area contributed by atoms with E-state index in [1.165, 1.54) is 105 Å². The van der Waals surface area contributed by atoms with Crippen LogP contribution in [0.25, 0.3) is 43.6 Å². The lowest BCUT2D eigenvalue weighted by Crippen LogP contribution is -2.27. The molecule has 0 aliphatic carbocycles. The van der Waals surface area contributed by atoms with Crippen molar-refractivity contribution in [3.05, 3.63) is 257 Å². The number of hydrogen-bond donors (Lipinski definition) is 6. The number of H-pyrrole nitrogens is 2. The van der Waals surface area contributed by atoms with E-state index in [1.54, 1.807) is 49.6 Å². The number of nitrogens with zero attached hydrogens (tertiary/aromatic N) is 10. The summed E-state index contributed by atoms with van der Waals surface area (Å²) in [5, 5.41) is 50.8. The van der Waals surface area contributed by atoms with E-state index in [0.717, 1.165) is 122 Å². The minimum Gasteiger partial charge on any atom is -0.385 e. The highest BCUT2D eigenvalue weighted by Gasteiger charge is 2.33. The molecule has 0 amide bonds. The molecule has 8 aromatic heterocycles. The Morgan fingerprint density at radius 2 is 0.696 bits per heavy atom. The van der Waals surface area contributed by atoms with Crippen molar-refractivity contribution in [2.75, 3.05) is 54.4 Å². The molecule has 0 saturated heterocycles. The van der Waals surface area contributed by atoms with E-state index in [9.17, 15) is 20.4 Å². The maximum atomic E-state index is 11.2. The van der Waals surface area contributed by atoms with Crippen molar-refractivity contribution in [2.24, 2.45) is 14.1 Å². The van der Waals surface area contributed by atoms with Crippen LogP contribution in [-0.4, -0.2) is 133 Å². The van der Waals surface area contributed by atoms with Crippen LogP contribution in [0.15, 0.2) is 147 Å². The van der Waals surface area contributed by atoms with E-state index < -0.39 is 22.4 Å². The van der Waals surface area contributed by atoms with Gasteiger partial charge in [-0.25, -0.2) is 0 Å². The molecule has 4 aliphatic heterocycles. The summed E-state index contributed by atoms with van der Waals surface area (Å²) in [6.45, 7) is 19.8. The average molecular weight is 1410 g/mol. The topological polar surface area (TPSA) is 187 Å². The number of aromatic nitrogens is 8. The highest BCUT2D eigenvalue weighted by molar-refractivity contribution is 6.32. The number of aromatic amines is 2. The molecule has 12 heterocycles. The molecule has 0 radical (unpaired) electrons. The summed E-state index contributed by atoms with van der Waals surface area (Å²) in [7, 11) is 12.9. The van der Waals surface area contributed by atoms with E-state index in [2.05, 4.69) is 145 Å². The van der Waals surface area contributed by atoms with Gasteiger partial charge in [-0.2, -0.15) is 0 Å². The normalized spacial score (nSPS) is 17.4. The molecular weight excluding hydrogens is 1310 g/mol. The first-order chi connectivity index (χ1) is 48.6. The fourth-order valence-corrected chi connectivity index (χ4v) is 16.8. The van der Waals surface area contributed by atoms with E-state index in [0.29, 0.717) is 30.7 Å². The molecule has 16 nitrogen and oxygen atoms in total. The summed E-state index contributed by atoms with van der Waals surface area (Å²) in [4.78, 5) is 33.3. The monoisotopic (exact) mass is 1410 g/mol. The molecule has 4 aromatic carbocycles. The van der Waals surface area contributed by atoms with Crippen molar-refractivity contribution < 1.29 is 20.4 Å². The fraction of sp³-hybridized carbons (Fsp3) is 0.381. The van der Waals surface area contributed by atoms with Gasteiger partial charge in [0.05, 0.1) is 33.4 Å². The summed E-state index contributed by atoms with van der Waals surface area (Å²) >= 11 is 12.9. The van der Waals surface area contributed by atoms with Gasteiger partial charge in [-0.3, -0.25) is 19.9 Å². The average Bonchev–Trinajstić information content (AvgIpc) is 1.61. The maximum absolute atomic E-state index is 11.2. The lowest BCUT2D eigenvalue weighted by atomic mass is 9.88. The number of halogens is 2. The maximum Gasteiger partial charge on any atom is 0.0924 e. The fourth-order valence-electron chi connectivity index (χ4n) is 16.4. The molecule has 4 atom stereocenters. The summed E-state index contributed by atoms with van der Waals surface area (Å²) < 4.78 is 4.65. The third-order valence-electron chi connectivity index (χ3n) is 21.7. The lowest BCUT2D eigenvalue weighted by Gasteiger charge is -2.24. The van der Waals surface area contributed by atoms with Gasteiger partial charge in [0, 0.05) is 255 Å². The van der Waals surface area contributed by atoms with Gasteiger partial charge in [0.25, 0.3) is 0 Å². The Morgan fingerprint density at radius 1 is 0.392 bits per heavy atom. The Morgan fingerprint density at radius 3 is 1.09 bits per heavy atom. The van der Waals surface area contributed by atoms with Gasteiger partial charge in [0.15, 0.2) is 0 Å². The standard InChI is InChI=1S/C22H27N3O.C21H24ClN3O.C21H25N3O.C20H22ClN3O/c1-15-10-16(12-22(2,26)17-6-5-8-23-13-17)21-18(11-15)19-14-24(3)9-7-20(19)25(21)4;1-21(26,15-5-4-7-23-12-15)11-14-9-16(22)10-17-18-13-24(2)8-6-19(18)25(3)20(14)17;1-14-9-15(11-21(2,25)16-5-4-7-22-12-16)20-17(10-14)18-13-24(3)8-6-19(18)23-20;1-20(25,14-4-3-6-22-11-14)10-13-8-15(21)9-16-17-12-24(2)7-5-18(17)23-19(13)16/h5-6,8,10-11,13,26H,7,9,12,14H2,1-4H3;4-5,7,9-10,12,26H,6,8,11,13H2,1-3H3;4-5,7,9-10,12,23,25H,6,8,11,13H2,1-3H3;3-4,6,8-9,11,23,25H,5,7,10,12H2,1-2H3. The zero-order chi connectivity index (χ0) is 72.2. The van der Waals surface area contributed by atoms with Gasteiger partial charge < -0.3 is 59.1 Å². The van der Waals surface area contributed by atoms with E-state index in [-0.39, 0.29) is 0 Å². The molecule has 102 heavy (non-hydrogen) atoms. The summed E-state index contributed by atoms with van der Waals surface area (Å²) in [6, 6.07) is 32.2. The number of aliphatic hydroxyl groups is 4. The first-order valence-corrected chi connectivity index (χ1v) is 36.5. The van der Waals surface area contributed by atoms with Gasteiger partial charge in [0.1, 0.15) is 0 Å². The third kappa shape index (κ3) is 15.1. The molecule has 0 bridgehead atoms. The Labute approximate surface area is 609 Å². The molecule has 4 unspecified atom stereocenters. The molecule has 0 spiro atoms. The zero-order valence-electron chi connectivity index (χ0n) is 61.2. The molecule has 0 saturated carbocycles. The summed E-state index contributed by atoms with van der Waals surface area (Å²) in [6.07, 6.45) is 20.2. The number of aryl methyl sites for hydroxylation is 4. The molecule has 0 fully saturated rings. The number of pyridine rings is 4. The van der Waals surface area contributed by atoms with E-state index in [4.69, 9.17) is 23.2 Å². The minimum absolute atomic E-state index is 0.477. The van der Waals surface area contributed by atoms with Crippen LogP contribution >= 0.6 is 23.2 Å². The van der Waals surface area contributed by atoms with E-state index >= 15 is 0 Å². The van der Waals surface area contributed by atoms with Crippen LogP contribution in [0.5, 0.6) is 0 Å². The molecule has 12 aromatic rings. The van der Waals surface area contributed by atoms with Crippen molar-refractivity contribution in [3.63, 3.8) is 0 Å². The van der Waals surface area contributed by atoms with E-state index in [1.807, 2.05) is 94.4 Å². The number of nitrogens with one attached hydrogen (secondary N) is 2. The summed E-state index contributed by atoms with van der Waals surface area (Å²) in [5.41, 5.74) is 22.1. The Kier molecular flexibility index (Phi) is 20.7. The number of likely N-dealkylation sites (N-methyl/N-ethyl adjacent to an activating group) is 4. The predicted molar refractivity (Wildman–Crippen MR) is 412 cm³/mol. The second kappa shape index (κ2) is 29.2. The van der Waals surface area contributed by atoms with Gasteiger partial charge in [-0.15, -0.1) is 0 Å². The quantitative estimate of drug-likeness (QED) is 0.0681. The first-order valence-electron chi connectivity index (χ1n) is 35.7. The number of rotatable bonds is 12. The molecular formula is C84H98Cl2N12O4. The molecule has 4 aliphatic rings. The highest BCUT2D eigenvalue weighted by atomic mass is 35.5. The summed E-state index contributed by atoms with van der Waals surface area (Å²) in [5.74, 6) is 0. The van der Waals surface area contributed by atoms with Crippen LogP contribution in [0.2, 0.25) is 10.0 Å². The third-order valence-corrected chi connectivity index (χ3v) is 22.2. The van der Waals surface area contributed by atoms with Crippen LogP contribution in [0.3, 0.4) is 0 Å². The predicted octanol–water partition coefficient (Wildman–Crippen LogP) is 13.9. The van der Waals surface area contributed by atoms with Crippen LogP contribution in [-0.2, 0) is 114 Å². The van der Waals surface area contributed by atoms with Crippen LogP contribution in [0, 0.1) is 13.8 Å². The van der Waals surface area contributed by atoms with Crippen molar-refractivity contribution in [2.45, 2.75) is 141 Å². The molecule has 532 valence electrons. The van der Waals surface area contributed by atoms with Gasteiger partial charge in [0.2, 0.25) is 0 Å². The van der Waals surface area contributed by atoms with Gasteiger partial charge in [-0.1, -0.05) is 70.7 Å². The lowest BCUT2D eigenvalue weighted by molar-refractivity contribution is 0.0570. The van der Waals surface area contributed by atoms with Gasteiger partial charge in [-0.05, 0) is 175 Å². The number of fused-ring (bicyclic) bond motifs is 12. The van der Waals surface area contributed by atoms with Crippen LogP contribution in [0.4, 0.5) is 0 Å². The first kappa shape index (κ1) is 72.3. The zero-order valence-corrected chi connectivity index (χ0v) is 62.7. The second-order valence-electron chi connectivity index (χ2n) is 30.5. The SMILES string of the molecule is CN1CCc2[nH]c3c(CC(C)(O)c4cccnc4)cc(Cl)cc3c2C1.CN1CCc2c(c3cc(Cl)cc(CC(C)(O)c4cccnc4)c3n2C)C1.Cc1cc(CC(C)(O)c2cccnc2)c2[nH]c3c(c2c1)CN(C)CC3.Cc1cc(CC(C)(O)c2cccnc2)c2c(c1)c1c(n2C)CCN(C)C1. The smallest absolute Gasteiger partial charge is 0.0924 e. The molecule has 16 rings (SSSR count). The Balaban J connectivity index is 0.000000121. The van der Waals surface area contributed by atoms with Crippen molar-refractivity contribution in [3.8, 4) is 0 Å². The highest BCUT2D eigenvalue weighted by Crippen LogP contribution is 2.41. The van der Waals surface area contributed by atoms with Crippen LogP contribution in [0.1, 0.15) is 128 Å². The van der Waals surface area contributed by atoms with Crippen molar-refractivity contribution in [1.82, 2.24) is 58.6 Å². The minimum atomic E-state index is -1.01. The van der Waals surface area contributed by atoms with Crippen LogP contribution < -0.4 is 0 Å². The number of benzene rings is 4. The largest absolute Gasteiger partial charge is 0.385 e. The molecule has 6 N–H and O–H groups in total. The second-order valence-corrected chi connectivity index (χ2v) is 31.3. The molecule has 18 heteroatoms. The Bertz CT molecular complexity index is 4690.